The van der Waals surface area contributed by atoms with Crippen molar-refractivity contribution in [3.63, 3.8) is 0 Å². The second-order valence-corrected chi connectivity index (χ2v) is 5.35. The second kappa shape index (κ2) is 5.51. The lowest BCUT2D eigenvalue weighted by Crippen LogP contribution is -2.13. The molecule has 0 saturated carbocycles. The molecule has 0 aliphatic carbocycles. The Hall–Kier alpha value is -2.07. The topological polar surface area (TPSA) is 42.2 Å². The van der Waals surface area contributed by atoms with E-state index in [1.54, 1.807) is 6.07 Å². The Balaban J connectivity index is 1.73. The normalized spacial score (nSPS) is 10.7. The number of fused-ring (bicyclic) bond motifs is 1. The average molecular weight is 330 g/mol. The average Bonchev–Trinajstić information content (AvgIpc) is 2.89. The Kier molecular flexibility index (Phi) is 3.56. The first-order valence-corrected chi connectivity index (χ1v) is 7.03. The van der Waals surface area contributed by atoms with E-state index in [-0.39, 0.29) is 12.3 Å². The Labute approximate surface area is 124 Å². The zero-order chi connectivity index (χ0) is 13.9. The van der Waals surface area contributed by atoms with Crippen molar-refractivity contribution in [2.45, 2.75) is 0 Å². The maximum absolute atomic E-state index is 12.1. The van der Waals surface area contributed by atoms with E-state index in [4.69, 9.17) is 4.42 Å². The van der Waals surface area contributed by atoms with Crippen LogP contribution in [0.1, 0.15) is 10.6 Å². The molecule has 0 radical (unpaired) electrons. The third kappa shape index (κ3) is 2.75. The summed E-state index contributed by atoms with van der Waals surface area (Å²) in [5.74, 6) is 0.315. The highest BCUT2D eigenvalue weighted by atomic mass is 79.9. The van der Waals surface area contributed by atoms with Crippen molar-refractivity contribution in [2.75, 3.05) is 11.9 Å². The molecule has 1 aromatic heterocycles. The number of benzene rings is 2. The zero-order valence-corrected chi connectivity index (χ0v) is 12.2. The van der Waals surface area contributed by atoms with E-state index in [1.807, 2.05) is 48.5 Å². The van der Waals surface area contributed by atoms with Gasteiger partial charge in [0.1, 0.15) is 5.58 Å². The van der Waals surface area contributed by atoms with Crippen molar-refractivity contribution in [1.29, 1.82) is 0 Å². The third-order valence-electron chi connectivity index (χ3n) is 2.98. The van der Waals surface area contributed by atoms with Gasteiger partial charge >= 0.3 is 0 Å². The molecule has 4 heteroatoms. The molecular weight excluding hydrogens is 318 g/mol. The lowest BCUT2D eigenvalue weighted by Gasteiger charge is -2.04. The lowest BCUT2D eigenvalue weighted by atomic mass is 10.2. The molecule has 0 aliphatic heterocycles. The molecule has 0 bridgehead atoms. The first-order chi connectivity index (χ1) is 9.72. The minimum atomic E-state index is -0.0684. The molecule has 3 aromatic rings. The number of para-hydroxylation sites is 1. The Morgan fingerprint density at radius 3 is 2.75 bits per heavy atom. The summed E-state index contributed by atoms with van der Waals surface area (Å²) in [5, 5.41) is 4.03. The first-order valence-electron chi connectivity index (χ1n) is 6.23. The smallest absolute Gasteiger partial charge is 0.216 e. The summed E-state index contributed by atoms with van der Waals surface area (Å²) in [7, 11) is 0. The van der Waals surface area contributed by atoms with Crippen molar-refractivity contribution in [3.8, 4) is 0 Å². The van der Waals surface area contributed by atoms with Crippen LogP contribution < -0.4 is 5.32 Å². The van der Waals surface area contributed by atoms with Crippen LogP contribution in [0.3, 0.4) is 0 Å². The van der Waals surface area contributed by atoms with Crippen LogP contribution in [0.5, 0.6) is 0 Å². The van der Waals surface area contributed by atoms with E-state index in [1.165, 1.54) is 0 Å². The van der Waals surface area contributed by atoms with Gasteiger partial charge in [-0.3, -0.25) is 4.79 Å². The maximum Gasteiger partial charge on any atom is 0.216 e. The molecule has 3 rings (SSSR count). The number of carbonyl (C=O) groups excluding carboxylic acids is 1. The minimum absolute atomic E-state index is 0.0684. The largest absolute Gasteiger partial charge is 0.453 e. The van der Waals surface area contributed by atoms with E-state index in [0.29, 0.717) is 5.76 Å². The Morgan fingerprint density at radius 2 is 1.95 bits per heavy atom. The number of halogens is 1. The van der Waals surface area contributed by atoms with Gasteiger partial charge < -0.3 is 9.73 Å². The summed E-state index contributed by atoms with van der Waals surface area (Å²) in [4.78, 5) is 12.1. The van der Waals surface area contributed by atoms with E-state index in [9.17, 15) is 4.79 Å². The number of hydrogen-bond acceptors (Lipinski definition) is 3. The van der Waals surface area contributed by atoms with Crippen molar-refractivity contribution < 1.29 is 9.21 Å². The summed E-state index contributed by atoms with van der Waals surface area (Å²) in [6, 6.07) is 17.1. The fourth-order valence-corrected chi connectivity index (χ4v) is 2.39. The summed E-state index contributed by atoms with van der Waals surface area (Å²) >= 11 is 3.39. The fraction of sp³-hybridized carbons (Fsp3) is 0.0625. The molecule has 0 amide bonds. The lowest BCUT2D eigenvalue weighted by molar-refractivity contribution is 0.0982. The standard InChI is InChI=1S/C16H12BrNO2/c17-12-5-3-6-13(9-12)18-10-14(19)16-8-11-4-1-2-7-15(11)20-16/h1-9,18H,10H2. The fourth-order valence-electron chi connectivity index (χ4n) is 1.99. The van der Waals surface area contributed by atoms with Crippen LogP contribution in [0.2, 0.25) is 0 Å². The highest BCUT2D eigenvalue weighted by Crippen LogP contribution is 2.20. The molecule has 20 heavy (non-hydrogen) atoms. The van der Waals surface area contributed by atoms with Crippen molar-refractivity contribution >= 4 is 38.4 Å². The molecule has 1 heterocycles. The molecule has 1 N–H and O–H groups in total. The van der Waals surface area contributed by atoms with Crippen molar-refractivity contribution in [1.82, 2.24) is 0 Å². The molecule has 0 saturated heterocycles. The van der Waals surface area contributed by atoms with E-state index >= 15 is 0 Å². The van der Waals surface area contributed by atoms with Crippen LogP contribution in [0.25, 0.3) is 11.0 Å². The highest BCUT2D eigenvalue weighted by Gasteiger charge is 2.11. The molecule has 2 aromatic carbocycles. The van der Waals surface area contributed by atoms with Crippen molar-refractivity contribution in [3.05, 3.63) is 64.8 Å². The molecule has 0 fully saturated rings. The number of ketones is 1. The SMILES string of the molecule is O=C(CNc1cccc(Br)c1)c1cc2ccccc2o1. The molecule has 100 valence electrons. The van der Waals surface area contributed by atoms with Crippen LogP contribution in [-0.2, 0) is 0 Å². The van der Waals surface area contributed by atoms with Gasteiger partial charge in [0.2, 0.25) is 5.78 Å². The zero-order valence-electron chi connectivity index (χ0n) is 10.6. The van der Waals surface area contributed by atoms with Crippen LogP contribution in [0.15, 0.2) is 63.5 Å². The molecule has 0 aliphatic rings. The van der Waals surface area contributed by atoms with Gasteiger partial charge in [-0.2, -0.15) is 0 Å². The number of hydrogen-bond donors (Lipinski definition) is 1. The van der Waals surface area contributed by atoms with Gasteiger partial charge in [0, 0.05) is 15.5 Å². The predicted molar refractivity (Wildman–Crippen MR) is 83.2 cm³/mol. The van der Waals surface area contributed by atoms with Gasteiger partial charge in [0.25, 0.3) is 0 Å². The molecule has 3 nitrogen and oxygen atoms in total. The number of rotatable bonds is 4. The summed E-state index contributed by atoms with van der Waals surface area (Å²) in [5.41, 5.74) is 1.63. The first kappa shape index (κ1) is 12.9. The summed E-state index contributed by atoms with van der Waals surface area (Å²) < 4.78 is 6.51. The van der Waals surface area contributed by atoms with Crippen LogP contribution in [-0.4, -0.2) is 12.3 Å². The second-order valence-electron chi connectivity index (χ2n) is 4.44. The van der Waals surface area contributed by atoms with Gasteiger partial charge in [-0.25, -0.2) is 0 Å². The van der Waals surface area contributed by atoms with Gasteiger partial charge in [0.15, 0.2) is 5.76 Å². The number of anilines is 1. The van der Waals surface area contributed by atoms with Gasteiger partial charge in [-0.15, -0.1) is 0 Å². The number of nitrogens with one attached hydrogen (secondary N) is 1. The molecular formula is C16H12BrNO2. The molecule has 0 atom stereocenters. The maximum atomic E-state index is 12.1. The Morgan fingerprint density at radius 1 is 1.10 bits per heavy atom. The Bertz CT molecular complexity index is 731. The molecule has 0 unspecified atom stereocenters. The number of carbonyl (C=O) groups is 1. The summed E-state index contributed by atoms with van der Waals surface area (Å²) in [6.07, 6.45) is 0. The molecule has 0 spiro atoms. The van der Waals surface area contributed by atoms with Crippen LogP contribution >= 0.6 is 15.9 Å². The van der Waals surface area contributed by atoms with Crippen LogP contribution in [0.4, 0.5) is 5.69 Å². The van der Waals surface area contributed by atoms with Crippen molar-refractivity contribution in [2.24, 2.45) is 0 Å². The monoisotopic (exact) mass is 329 g/mol. The van der Waals surface area contributed by atoms with Gasteiger partial charge in [0.05, 0.1) is 6.54 Å². The minimum Gasteiger partial charge on any atom is -0.453 e. The quantitative estimate of drug-likeness (QED) is 0.717. The van der Waals surface area contributed by atoms with E-state index in [0.717, 1.165) is 21.1 Å². The predicted octanol–water partition coefficient (Wildman–Crippen LogP) is 4.49. The summed E-state index contributed by atoms with van der Waals surface area (Å²) in [6.45, 7) is 0.205. The van der Waals surface area contributed by atoms with Crippen LogP contribution in [0, 0.1) is 0 Å². The number of furan rings is 1. The van der Waals surface area contributed by atoms with Gasteiger partial charge in [-0.1, -0.05) is 40.2 Å². The van der Waals surface area contributed by atoms with E-state index < -0.39 is 0 Å². The van der Waals surface area contributed by atoms with E-state index in [2.05, 4.69) is 21.2 Å². The third-order valence-corrected chi connectivity index (χ3v) is 3.47. The number of Topliss-reactive ketones (excluding diaryl/α,β-unsaturated/α-hetero) is 1. The van der Waals surface area contributed by atoms with Gasteiger partial charge in [-0.05, 0) is 30.3 Å². The highest BCUT2D eigenvalue weighted by molar-refractivity contribution is 9.10.